The molecule has 3 N–H and O–H groups in total. The maximum Gasteiger partial charge on any atom is 0.319 e. The lowest BCUT2D eigenvalue weighted by Crippen LogP contribution is -2.39. The van der Waals surface area contributed by atoms with Crippen molar-refractivity contribution in [3.8, 4) is 0 Å². The van der Waals surface area contributed by atoms with Gasteiger partial charge in [0.2, 0.25) is 5.91 Å². The molecule has 0 aromatic heterocycles. The number of anilines is 2. The molecule has 0 atom stereocenters. The van der Waals surface area contributed by atoms with Crippen molar-refractivity contribution in [1.82, 2.24) is 10.6 Å². The third-order valence-electron chi connectivity index (χ3n) is 3.88. The summed E-state index contributed by atoms with van der Waals surface area (Å²) in [6.07, 6.45) is 4.88. The Hall–Kier alpha value is -2.24. The summed E-state index contributed by atoms with van der Waals surface area (Å²) in [5, 5.41) is 8.08. The minimum atomic E-state index is -0.362. The van der Waals surface area contributed by atoms with Gasteiger partial charge in [-0.2, -0.15) is 0 Å². The van der Waals surface area contributed by atoms with E-state index in [2.05, 4.69) is 20.9 Å². The number of carbonyl (C=O) groups excluding carboxylic acids is 2. The second kappa shape index (κ2) is 9.02. The number of nitrogens with zero attached hydrogens (tertiary/aromatic N) is 1. The van der Waals surface area contributed by atoms with Crippen LogP contribution in [0.1, 0.15) is 32.6 Å². The lowest BCUT2D eigenvalue weighted by molar-refractivity contribution is -0.119. The van der Waals surface area contributed by atoms with Gasteiger partial charge in [-0.25, -0.2) is 4.79 Å². The maximum absolute atomic E-state index is 12.0. The highest BCUT2D eigenvalue weighted by molar-refractivity contribution is 5.95. The molecule has 6 heteroatoms. The van der Waals surface area contributed by atoms with Gasteiger partial charge in [0.05, 0.1) is 17.9 Å². The summed E-state index contributed by atoms with van der Waals surface area (Å²) in [6.45, 7) is 4.40. The van der Waals surface area contributed by atoms with Crippen molar-refractivity contribution in [3.05, 3.63) is 24.3 Å². The topological polar surface area (TPSA) is 73.5 Å². The average molecular weight is 318 g/mol. The monoisotopic (exact) mass is 318 g/mol. The van der Waals surface area contributed by atoms with Crippen molar-refractivity contribution >= 4 is 23.3 Å². The summed E-state index contributed by atoms with van der Waals surface area (Å²) in [6, 6.07) is 7.45. The van der Waals surface area contributed by atoms with Crippen molar-refractivity contribution < 1.29 is 9.59 Å². The number of likely N-dealkylation sites (N-methyl/N-ethyl adjacent to an activating group) is 1. The minimum Gasteiger partial charge on any atom is -0.370 e. The second-order valence-corrected chi connectivity index (χ2v) is 5.68. The fourth-order valence-corrected chi connectivity index (χ4v) is 2.75. The predicted octanol–water partition coefficient (Wildman–Crippen LogP) is 2.32. The summed E-state index contributed by atoms with van der Waals surface area (Å²) in [4.78, 5) is 25.7. The molecule has 126 valence electrons. The molecule has 1 aliphatic rings. The van der Waals surface area contributed by atoms with Gasteiger partial charge in [-0.1, -0.05) is 25.0 Å². The summed E-state index contributed by atoms with van der Waals surface area (Å²) >= 11 is 0. The van der Waals surface area contributed by atoms with Crippen molar-refractivity contribution in [3.63, 3.8) is 0 Å². The Balaban J connectivity index is 1.96. The maximum atomic E-state index is 12.0. The predicted molar refractivity (Wildman–Crippen MR) is 92.8 cm³/mol. The van der Waals surface area contributed by atoms with Gasteiger partial charge in [-0.05, 0) is 31.9 Å². The summed E-state index contributed by atoms with van der Waals surface area (Å²) in [5.41, 5.74) is 1.82. The van der Waals surface area contributed by atoms with E-state index in [9.17, 15) is 9.59 Å². The Morgan fingerprint density at radius 2 is 1.74 bits per heavy atom. The lowest BCUT2D eigenvalue weighted by Gasteiger charge is -2.25. The standard InChI is InChI=1S/C17H26N4O2/c1-2-18-16(22)13-19-17(23)20-14-9-5-6-10-15(14)21-11-7-3-4-8-12-21/h5-6,9-10H,2-4,7-8,11-13H2,1H3,(H,18,22)(H2,19,20,23). The van der Waals surface area contributed by atoms with Gasteiger partial charge in [-0.3, -0.25) is 4.79 Å². The van der Waals surface area contributed by atoms with E-state index in [-0.39, 0.29) is 18.5 Å². The Kier molecular flexibility index (Phi) is 6.72. The molecule has 0 spiro atoms. The van der Waals surface area contributed by atoms with Gasteiger partial charge in [0.1, 0.15) is 0 Å². The Morgan fingerprint density at radius 3 is 2.43 bits per heavy atom. The SMILES string of the molecule is CCNC(=O)CNC(=O)Nc1ccccc1N1CCCCCC1. The zero-order valence-corrected chi connectivity index (χ0v) is 13.7. The Morgan fingerprint density at radius 1 is 1.04 bits per heavy atom. The Bertz CT molecular complexity index is 525. The van der Waals surface area contributed by atoms with Gasteiger partial charge < -0.3 is 20.9 Å². The molecule has 1 aliphatic heterocycles. The third kappa shape index (κ3) is 5.47. The molecule has 0 saturated carbocycles. The summed E-state index contributed by atoms with van der Waals surface area (Å²) in [5.74, 6) is -0.191. The normalized spacial score (nSPS) is 14.7. The van der Waals surface area contributed by atoms with E-state index in [0.717, 1.165) is 24.5 Å². The van der Waals surface area contributed by atoms with Crippen LogP contribution in [0.25, 0.3) is 0 Å². The van der Waals surface area contributed by atoms with Crippen molar-refractivity contribution in [2.75, 3.05) is 36.4 Å². The molecule has 0 bridgehead atoms. The van der Waals surface area contributed by atoms with Gasteiger partial charge >= 0.3 is 6.03 Å². The molecule has 1 saturated heterocycles. The van der Waals surface area contributed by atoms with Crippen LogP contribution in [0, 0.1) is 0 Å². The van der Waals surface area contributed by atoms with Gasteiger partial charge in [0, 0.05) is 19.6 Å². The van der Waals surface area contributed by atoms with Gasteiger partial charge in [0.25, 0.3) is 0 Å². The van der Waals surface area contributed by atoms with Gasteiger partial charge in [-0.15, -0.1) is 0 Å². The first-order valence-corrected chi connectivity index (χ1v) is 8.36. The smallest absolute Gasteiger partial charge is 0.319 e. The van der Waals surface area contributed by atoms with Crippen molar-refractivity contribution in [2.45, 2.75) is 32.6 Å². The van der Waals surface area contributed by atoms with Crippen LogP contribution in [0.5, 0.6) is 0 Å². The molecule has 23 heavy (non-hydrogen) atoms. The molecule has 0 unspecified atom stereocenters. The van der Waals surface area contributed by atoms with Crippen LogP contribution in [0.15, 0.2) is 24.3 Å². The molecule has 3 amide bonds. The Labute approximate surface area is 137 Å². The van der Waals surface area contributed by atoms with Crippen molar-refractivity contribution in [2.24, 2.45) is 0 Å². The van der Waals surface area contributed by atoms with E-state index < -0.39 is 0 Å². The molecule has 6 nitrogen and oxygen atoms in total. The number of nitrogens with one attached hydrogen (secondary N) is 3. The molecule has 1 aromatic rings. The molecule has 0 aliphatic carbocycles. The number of carbonyl (C=O) groups is 2. The molecule has 0 radical (unpaired) electrons. The molecule has 1 fully saturated rings. The van der Waals surface area contributed by atoms with Crippen LogP contribution in [0.4, 0.5) is 16.2 Å². The van der Waals surface area contributed by atoms with Gasteiger partial charge in [0.15, 0.2) is 0 Å². The lowest BCUT2D eigenvalue weighted by atomic mass is 10.2. The highest BCUT2D eigenvalue weighted by Crippen LogP contribution is 2.27. The average Bonchev–Trinajstić information content (AvgIpc) is 2.83. The van der Waals surface area contributed by atoms with Crippen LogP contribution in [-0.2, 0) is 4.79 Å². The van der Waals surface area contributed by atoms with E-state index in [1.807, 2.05) is 31.2 Å². The van der Waals surface area contributed by atoms with Crippen molar-refractivity contribution in [1.29, 1.82) is 0 Å². The van der Waals surface area contributed by atoms with Crippen LogP contribution in [0.2, 0.25) is 0 Å². The number of rotatable bonds is 5. The van der Waals surface area contributed by atoms with Crippen LogP contribution in [-0.4, -0.2) is 38.1 Å². The quantitative estimate of drug-likeness (QED) is 0.780. The molecule has 2 rings (SSSR count). The number of urea groups is 1. The van der Waals surface area contributed by atoms with Crippen LogP contribution in [0.3, 0.4) is 0 Å². The molecule has 1 aromatic carbocycles. The highest BCUT2D eigenvalue weighted by atomic mass is 16.2. The number of hydrogen-bond donors (Lipinski definition) is 3. The van der Waals surface area contributed by atoms with E-state index >= 15 is 0 Å². The fraction of sp³-hybridized carbons (Fsp3) is 0.529. The van der Waals surface area contributed by atoms with E-state index in [4.69, 9.17) is 0 Å². The zero-order chi connectivity index (χ0) is 16.5. The van der Waals surface area contributed by atoms with Crippen LogP contribution < -0.4 is 20.9 Å². The number of hydrogen-bond acceptors (Lipinski definition) is 3. The zero-order valence-electron chi connectivity index (χ0n) is 13.7. The first-order valence-electron chi connectivity index (χ1n) is 8.36. The first kappa shape index (κ1) is 17.1. The van der Waals surface area contributed by atoms with E-state index in [0.29, 0.717) is 6.54 Å². The summed E-state index contributed by atoms with van der Waals surface area (Å²) < 4.78 is 0. The minimum absolute atomic E-state index is 0.0223. The van der Waals surface area contributed by atoms with E-state index in [1.165, 1.54) is 25.7 Å². The molecule has 1 heterocycles. The number of amides is 3. The third-order valence-corrected chi connectivity index (χ3v) is 3.88. The second-order valence-electron chi connectivity index (χ2n) is 5.68. The molecular weight excluding hydrogens is 292 g/mol. The number of para-hydroxylation sites is 2. The highest BCUT2D eigenvalue weighted by Gasteiger charge is 2.14. The first-order chi connectivity index (χ1) is 11.2. The van der Waals surface area contributed by atoms with Crippen LogP contribution >= 0.6 is 0 Å². The van der Waals surface area contributed by atoms with E-state index in [1.54, 1.807) is 0 Å². The summed E-state index contributed by atoms with van der Waals surface area (Å²) in [7, 11) is 0. The fourth-order valence-electron chi connectivity index (χ4n) is 2.75. The number of benzene rings is 1. The molecular formula is C17H26N4O2. The largest absolute Gasteiger partial charge is 0.370 e.